The average Bonchev–Trinajstić information content (AvgIpc) is 3.56. The van der Waals surface area contributed by atoms with Crippen LogP contribution >= 0.6 is 0 Å². The molecular formula is C45H29N5O2. The third-order valence-corrected chi connectivity index (χ3v) is 10.0. The molecule has 2 aromatic heterocycles. The van der Waals surface area contributed by atoms with Gasteiger partial charge in [0.05, 0.1) is 22.4 Å². The van der Waals surface area contributed by atoms with Gasteiger partial charge in [0.25, 0.3) is 0 Å². The minimum absolute atomic E-state index is 0.572. The van der Waals surface area contributed by atoms with Crippen LogP contribution < -0.4 is 14.4 Å². The van der Waals surface area contributed by atoms with E-state index in [4.69, 9.17) is 24.4 Å². The molecule has 0 bridgehead atoms. The first kappa shape index (κ1) is 28.8. The van der Waals surface area contributed by atoms with Gasteiger partial charge in [-0.25, -0.2) is 4.98 Å². The van der Waals surface area contributed by atoms with Crippen molar-refractivity contribution in [1.29, 1.82) is 0 Å². The maximum atomic E-state index is 6.64. The normalized spacial score (nSPS) is 13.9. The molecular weight excluding hydrogens is 643 g/mol. The maximum absolute atomic E-state index is 6.64. The minimum Gasteiger partial charge on any atom is -0.453 e. The van der Waals surface area contributed by atoms with Crippen LogP contribution in [0, 0.1) is 0 Å². The van der Waals surface area contributed by atoms with E-state index < -0.39 is 0 Å². The summed E-state index contributed by atoms with van der Waals surface area (Å²) in [7, 11) is 0. The summed E-state index contributed by atoms with van der Waals surface area (Å²) in [6, 6.07) is 45.6. The number of ether oxygens (including phenoxy) is 2. The second-order valence-corrected chi connectivity index (χ2v) is 13.1. The second kappa shape index (κ2) is 11.3. The van der Waals surface area contributed by atoms with Crippen LogP contribution in [0.25, 0.3) is 55.8 Å². The van der Waals surface area contributed by atoms with E-state index in [2.05, 4.69) is 94.4 Å². The smallest absolute Gasteiger partial charge is 0.238 e. The Kier molecular flexibility index (Phi) is 6.24. The van der Waals surface area contributed by atoms with Crippen LogP contribution in [0.2, 0.25) is 0 Å². The van der Waals surface area contributed by atoms with Gasteiger partial charge in [0.15, 0.2) is 34.6 Å². The molecule has 4 heterocycles. The third-order valence-electron chi connectivity index (χ3n) is 10.0. The molecule has 52 heavy (non-hydrogen) atoms. The van der Waals surface area contributed by atoms with Crippen LogP contribution in [0.3, 0.4) is 0 Å². The number of para-hydroxylation sites is 5. The molecule has 0 spiro atoms. The largest absolute Gasteiger partial charge is 0.453 e. The Labute approximate surface area is 299 Å². The van der Waals surface area contributed by atoms with E-state index in [1.54, 1.807) is 0 Å². The van der Waals surface area contributed by atoms with E-state index >= 15 is 0 Å². The molecule has 6 aromatic carbocycles. The monoisotopic (exact) mass is 671 g/mol. The van der Waals surface area contributed by atoms with Crippen molar-refractivity contribution in [3.8, 4) is 51.5 Å². The highest BCUT2D eigenvalue weighted by Gasteiger charge is 2.35. The fourth-order valence-electron chi connectivity index (χ4n) is 7.74. The summed E-state index contributed by atoms with van der Waals surface area (Å²) in [5.41, 5.74) is 8.85. The van der Waals surface area contributed by atoms with Gasteiger partial charge in [0, 0.05) is 21.9 Å². The van der Waals surface area contributed by atoms with Crippen molar-refractivity contribution in [3.63, 3.8) is 0 Å². The SMILES string of the molecule is C1=CC(c2nc(-c3ccccc3)nc(-n3c4ccccc4c4c(-c5cc6c7c(c5)Oc5ccccc5N7c5ccccc5O6)cccc43)n2)=CCC1. The van der Waals surface area contributed by atoms with Gasteiger partial charge in [0.1, 0.15) is 5.69 Å². The summed E-state index contributed by atoms with van der Waals surface area (Å²) in [4.78, 5) is 17.5. The number of rotatable bonds is 4. The number of allylic oxidation sites excluding steroid dienone is 4. The molecule has 0 unspecified atom stereocenters. The standard InChI is InChI=1S/C45H29N5O2/c1-3-14-28(15-4-1)43-46-44(29-16-5-2-6-17-29)48-45(47-43)50-33-20-8-7-18-32(33)41-31(19-13-23-36(41)50)30-26-39-42-40(27-30)52-38-25-12-10-22-35(38)49(42)34-21-9-11-24-37(34)51-39/h1,3-5,7-27H,2,6H2. The van der Waals surface area contributed by atoms with E-state index in [-0.39, 0.29) is 0 Å². The van der Waals surface area contributed by atoms with Crippen molar-refractivity contribution in [2.45, 2.75) is 12.8 Å². The first-order chi connectivity index (χ1) is 25.8. The van der Waals surface area contributed by atoms with Gasteiger partial charge in [-0.1, -0.05) is 103 Å². The van der Waals surface area contributed by atoms with Crippen LogP contribution in [0.5, 0.6) is 23.0 Å². The molecule has 1 aliphatic carbocycles. The fraction of sp³-hybridized carbons (Fsp3) is 0.0444. The van der Waals surface area contributed by atoms with E-state index in [1.165, 1.54) is 0 Å². The number of aromatic nitrogens is 4. The van der Waals surface area contributed by atoms with Crippen molar-refractivity contribution in [1.82, 2.24) is 19.5 Å². The number of hydrogen-bond donors (Lipinski definition) is 0. The maximum Gasteiger partial charge on any atom is 0.238 e. The van der Waals surface area contributed by atoms with E-state index in [1.807, 2.05) is 66.7 Å². The van der Waals surface area contributed by atoms with Crippen molar-refractivity contribution in [2.24, 2.45) is 0 Å². The lowest BCUT2D eigenvalue weighted by Crippen LogP contribution is -2.20. The molecule has 0 radical (unpaired) electrons. The second-order valence-electron chi connectivity index (χ2n) is 13.1. The molecule has 7 nitrogen and oxygen atoms in total. The Bertz CT molecular complexity index is 2750. The Morgan fingerprint density at radius 3 is 1.96 bits per heavy atom. The molecule has 0 saturated heterocycles. The lowest BCUT2D eigenvalue weighted by molar-refractivity contribution is 0.446. The van der Waals surface area contributed by atoms with Crippen LogP contribution in [0.1, 0.15) is 18.7 Å². The average molecular weight is 672 g/mol. The lowest BCUT2D eigenvalue weighted by Gasteiger charge is -2.38. The summed E-state index contributed by atoms with van der Waals surface area (Å²) in [6.07, 6.45) is 8.48. The van der Waals surface area contributed by atoms with Gasteiger partial charge in [-0.15, -0.1) is 0 Å². The number of hydrogen-bond acceptors (Lipinski definition) is 6. The molecule has 8 aromatic rings. The highest BCUT2D eigenvalue weighted by atomic mass is 16.5. The Morgan fingerprint density at radius 2 is 1.21 bits per heavy atom. The van der Waals surface area contributed by atoms with Crippen molar-refractivity contribution in [2.75, 3.05) is 4.90 Å². The summed E-state index contributed by atoms with van der Waals surface area (Å²) in [5.74, 6) is 4.95. The van der Waals surface area contributed by atoms with Crippen LogP contribution in [0.4, 0.5) is 17.1 Å². The molecule has 0 amide bonds. The van der Waals surface area contributed by atoms with Crippen LogP contribution in [-0.2, 0) is 0 Å². The number of anilines is 3. The first-order valence-electron chi connectivity index (χ1n) is 17.5. The third kappa shape index (κ3) is 4.36. The quantitative estimate of drug-likeness (QED) is 0.186. The van der Waals surface area contributed by atoms with Gasteiger partial charge in [0.2, 0.25) is 5.95 Å². The van der Waals surface area contributed by atoms with Crippen LogP contribution in [-0.4, -0.2) is 19.5 Å². The number of fused-ring (bicyclic) bond motifs is 7. The zero-order valence-corrected chi connectivity index (χ0v) is 27.9. The summed E-state index contributed by atoms with van der Waals surface area (Å²) >= 11 is 0. The van der Waals surface area contributed by atoms with Crippen molar-refractivity contribution < 1.29 is 9.47 Å². The molecule has 0 saturated carbocycles. The summed E-state index contributed by atoms with van der Waals surface area (Å²) in [6.45, 7) is 0. The van der Waals surface area contributed by atoms with Gasteiger partial charge >= 0.3 is 0 Å². The predicted molar refractivity (Wildman–Crippen MR) is 206 cm³/mol. The topological polar surface area (TPSA) is 65.3 Å². The Morgan fingerprint density at radius 1 is 0.538 bits per heavy atom. The molecule has 2 aliphatic heterocycles. The highest BCUT2D eigenvalue weighted by Crippen LogP contribution is 2.60. The van der Waals surface area contributed by atoms with E-state index in [9.17, 15) is 0 Å². The molecule has 3 aliphatic rings. The zero-order chi connectivity index (χ0) is 34.2. The first-order valence-corrected chi connectivity index (χ1v) is 17.5. The van der Waals surface area contributed by atoms with Gasteiger partial charge in [-0.05, 0) is 72.5 Å². The number of benzene rings is 6. The zero-order valence-electron chi connectivity index (χ0n) is 27.9. The van der Waals surface area contributed by atoms with Crippen molar-refractivity contribution >= 4 is 44.4 Å². The minimum atomic E-state index is 0.572. The van der Waals surface area contributed by atoms with Crippen molar-refractivity contribution in [3.05, 3.63) is 158 Å². The van der Waals surface area contributed by atoms with Gasteiger partial charge < -0.3 is 9.47 Å². The van der Waals surface area contributed by atoms with Gasteiger partial charge in [-0.2, -0.15) is 9.97 Å². The van der Waals surface area contributed by atoms with E-state index in [0.29, 0.717) is 17.6 Å². The molecule has 0 atom stereocenters. The fourth-order valence-corrected chi connectivity index (χ4v) is 7.74. The van der Waals surface area contributed by atoms with Crippen LogP contribution in [0.15, 0.2) is 152 Å². The highest BCUT2D eigenvalue weighted by molar-refractivity contribution is 6.16. The summed E-state index contributed by atoms with van der Waals surface area (Å²) < 4.78 is 15.4. The number of nitrogens with zero attached hydrogens (tertiary/aromatic N) is 5. The molecule has 7 heteroatoms. The molecule has 11 rings (SSSR count). The molecule has 0 N–H and O–H groups in total. The Balaban J connectivity index is 1.15. The molecule has 0 fully saturated rings. The lowest BCUT2D eigenvalue weighted by atomic mass is 9.97. The molecule has 246 valence electrons. The summed E-state index contributed by atoms with van der Waals surface area (Å²) in [5, 5.41) is 2.19. The Hall–Kier alpha value is -6.99. The van der Waals surface area contributed by atoms with E-state index in [0.717, 1.165) is 97.0 Å². The van der Waals surface area contributed by atoms with Gasteiger partial charge in [-0.3, -0.25) is 9.47 Å². The predicted octanol–water partition coefficient (Wildman–Crippen LogP) is 11.7.